The number of aromatic hydroxyl groups is 1. The van der Waals surface area contributed by atoms with E-state index in [9.17, 15) is 9.90 Å². The first-order valence-corrected chi connectivity index (χ1v) is 6.77. The number of nitrogens with one attached hydrogen (secondary N) is 1. The minimum absolute atomic E-state index is 0.0176. The second-order valence-corrected chi connectivity index (χ2v) is 5.01. The molecule has 7 nitrogen and oxygen atoms in total. The van der Waals surface area contributed by atoms with E-state index >= 15 is 0 Å². The normalized spacial score (nSPS) is 10.9. The van der Waals surface area contributed by atoms with Crippen LogP contribution in [0.15, 0.2) is 28.2 Å². The highest BCUT2D eigenvalue weighted by Crippen LogP contribution is 2.34. The van der Waals surface area contributed by atoms with Crippen LogP contribution >= 0.6 is 23.2 Å². The summed E-state index contributed by atoms with van der Waals surface area (Å²) in [5, 5.41) is 17.5. The third-order valence-corrected chi connectivity index (χ3v) is 3.40. The van der Waals surface area contributed by atoms with Crippen LogP contribution in [0.25, 0.3) is 0 Å². The summed E-state index contributed by atoms with van der Waals surface area (Å²) in [4.78, 5) is 11.6. The smallest absolute Gasteiger partial charge is 0.287 e. The molecule has 0 spiro atoms. The predicted octanol–water partition coefficient (Wildman–Crippen LogP) is 2.25. The number of phenols is 1. The second kappa shape index (κ2) is 6.67. The number of hydrogen-bond donors (Lipinski definition) is 2. The summed E-state index contributed by atoms with van der Waals surface area (Å²) in [5.41, 5.74) is 3.04. The molecule has 0 bridgehead atoms. The Morgan fingerprint density at radius 2 is 2.18 bits per heavy atom. The molecule has 2 rings (SSSR count). The molecule has 1 aromatic carbocycles. The molecular weight excluding hydrogens is 331 g/mol. The van der Waals surface area contributed by atoms with Gasteiger partial charge in [0.05, 0.1) is 24.5 Å². The van der Waals surface area contributed by atoms with Crippen LogP contribution in [0.2, 0.25) is 10.0 Å². The molecule has 0 aliphatic carbocycles. The summed E-state index contributed by atoms with van der Waals surface area (Å²) in [6.45, 7) is 0. The molecule has 0 amide bonds. The van der Waals surface area contributed by atoms with Crippen LogP contribution in [-0.2, 0) is 7.05 Å². The molecule has 2 aromatic rings. The molecule has 0 fully saturated rings. The maximum Gasteiger partial charge on any atom is 0.287 e. The lowest BCUT2D eigenvalue weighted by molar-refractivity contribution is 0.373. The minimum Gasteiger partial charge on any atom is -0.503 e. The molecule has 1 aromatic heterocycles. The van der Waals surface area contributed by atoms with Gasteiger partial charge >= 0.3 is 0 Å². The van der Waals surface area contributed by atoms with E-state index in [1.165, 1.54) is 32.6 Å². The fraction of sp³-hybridized carbons (Fsp3) is 0.154. The van der Waals surface area contributed by atoms with Crippen molar-refractivity contribution >= 4 is 35.1 Å². The highest BCUT2D eigenvalue weighted by molar-refractivity contribution is 6.33. The number of aryl methyl sites for hydroxylation is 1. The predicted molar refractivity (Wildman–Crippen MR) is 85.4 cm³/mol. The molecule has 0 unspecified atom stereocenters. The molecule has 116 valence electrons. The van der Waals surface area contributed by atoms with Crippen molar-refractivity contribution in [1.29, 1.82) is 0 Å². The van der Waals surface area contributed by atoms with Crippen molar-refractivity contribution in [3.63, 3.8) is 0 Å². The number of nitrogens with zero attached hydrogens (tertiary/aromatic N) is 3. The summed E-state index contributed by atoms with van der Waals surface area (Å²) >= 11 is 11.8. The van der Waals surface area contributed by atoms with E-state index in [4.69, 9.17) is 27.9 Å². The van der Waals surface area contributed by atoms with E-state index in [-0.39, 0.29) is 27.2 Å². The molecule has 0 saturated carbocycles. The Balaban J connectivity index is 2.22. The zero-order chi connectivity index (χ0) is 16.3. The quantitative estimate of drug-likeness (QED) is 0.657. The van der Waals surface area contributed by atoms with Crippen LogP contribution in [0.3, 0.4) is 0 Å². The summed E-state index contributed by atoms with van der Waals surface area (Å²) in [6, 6.07) is 3.06. The van der Waals surface area contributed by atoms with Gasteiger partial charge in [-0.2, -0.15) is 10.2 Å². The summed E-state index contributed by atoms with van der Waals surface area (Å²) in [6.07, 6.45) is 2.81. The van der Waals surface area contributed by atoms with Gasteiger partial charge in [-0.15, -0.1) is 0 Å². The van der Waals surface area contributed by atoms with Gasteiger partial charge in [-0.05, 0) is 17.7 Å². The van der Waals surface area contributed by atoms with E-state index in [0.29, 0.717) is 5.56 Å². The van der Waals surface area contributed by atoms with Gasteiger partial charge in [-0.1, -0.05) is 23.2 Å². The highest BCUT2D eigenvalue weighted by Gasteiger charge is 2.08. The Morgan fingerprint density at radius 1 is 1.45 bits per heavy atom. The number of hydrogen-bond acceptors (Lipinski definition) is 6. The lowest BCUT2D eigenvalue weighted by atomic mass is 10.2. The van der Waals surface area contributed by atoms with E-state index in [1.807, 2.05) is 0 Å². The van der Waals surface area contributed by atoms with Crippen molar-refractivity contribution < 1.29 is 9.84 Å². The van der Waals surface area contributed by atoms with Crippen molar-refractivity contribution in [2.45, 2.75) is 0 Å². The first-order valence-electron chi connectivity index (χ1n) is 6.01. The van der Waals surface area contributed by atoms with Crippen LogP contribution in [0.4, 0.5) is 5.69 Å². The zero-order valence-corrected chi connectivity index (χ0v) is 13.2. The number of aromatic nitrogens is 2. The highest BCUT2D eigenvalue weighted by atomic mass is 35.5. The topological polar surface area (TPSA) is 88.7 Å². The number of benzene rings is 1. The summed E-state index contributed by atoms with van der Waals surface area (Å²) in [5.74, 6) is 0.0790. The first-order chi connectivity index (χ1) is 10.4. The number of halogens is 2. The molecule has 0 atom stereocenters. The van der Waals surface area contributed by atoms with Crippen LogP contribution in [-0.4, -0.2) is 28.2 Å². The summed E-state index contributed by atoms with van der Waals surface area (Å²) < 4.78 is 6.10. The van der Waals surface area contributed by atoms with Crippen molar-refractivity contribution in [2.24, 2.45) is 12.1 Å². The molecule has 9 heteroatoms. The van der Waals surface area contributed by atoms with Crippen LogP contribution < -0.4 is 15.7 Å². The summed E-state index contributed by atoms with van der Waals surface area (Å²) in [7, 11) is 2.90. The number of anilines is 1. The molecule has 2 N–H and O–H groups in total. The van der Waals surface area contributed by atoms with E-state index in [2.05, 4.69) is 15.6 Å². The maximum atomic E-state index is 11.6. The van der Waals surface area contributed by atoms with Gasteiger partial charge < -0.3 is 9.84 Å². The Morgan fingerprint density at radius 3 is 2.86 bits per heavy atom. The molecule has 1 heterocycles. The number of ether oxygens (including phenoxy) is 1. The third-order valence-electron chi connectivity index (χ3n) is 2.75. The van der Waals surface area contributed by atoms with Crippen LogP contribution in [0.5, 0.6) is 11.5 Å². The molecular formula is C13H12Cl2N4O3. The van der Waals surface area contributed by atoms with Crippen molar-refractivity contribution in [3.05, 3.63) is 44.3 Å². The average Bonchev–Trinajstić information content (AvgIpc) is 2.50. The van der Waals surface area contributed by atoms with E-state index in [1.54, 1.807) is 6.07 Å². The standard InChI is InChI=1S/C13H12Cl2N4O3/c1-19-13(21)11(15)9(6-17-19)18-16-5-7-3-8(14)12(20)10(4-7)22-2/h3-6,18,20H,1-2H3/b16-5-. The molecule has 0 saturated heterocycles. The van der Waals surface area contributed by atoms with Gasteiger partial charge in [-0.3, -0.25) is 10.2 Å². The Hall–Kier alpha value is -2.25. The fourth-order valence-corrected chi connectivity index (χ4v) is 2.02. The lowest BCUT2D eigenvalue weighted by Crippen LogP contribution is -2.20. The maximum absolute atomic E-state index is 11.6. The molecule has 22 heavy (non-hydrogen) atoms. The third kappa shape index (κ3) is 3.32. The van der Waals surface area contributed by atoms with Gasteiger partial charge in [0.1, 0.15) is 10.7 Å². The zero-order valence-electron chi connectivity index (χ0n) is 11.7. The first kappa shape index (κ1) is 16.1. The van der Waals surface area contributed by atoms with E-state index in [0.717, 1.165) is 4.68 Å². The van der Waals surface area contributed by atoms with Gasteiger partial charge in [0.25, 0.3) is 5.56 Å². The molecule has 0 aliphatic rings. The van der Waals surface area contributed by atoms with Crippen molar-refractivity contribution in [3.8, 4) is 11.5 Å². The fourth-order valence-electron chi connectivity index (χ4n) is 1.59. The Bertz CT molecular complexity index is 790. The van der Waals surface area contributed by atoms with Crippen molar-refractivity contribution in [2.75, 3.05) is 12.5 Å². The van der Waals surface area contributed by atoms with Gasteiger partial charge in [0.15, 0.2) is 11.5 Å². The second-order valence-electron chi connectivity index (χ2n) is 4.22. The van der Waals surface area contributed by atoms with Crippen LogP contribution in [0, 0.1) is 0 Å². The number of hydrazone groups is 1. The SMILES string of the molecule is COc1cc(/C=N\Nc2cnn(C)c(=O)c2Cl)cc(Cl)c1O. The monoisotopic (exact) mass is 342 g/mol. The van der Waals surface area contributed by atoms with Crippen molar-refractivity contribution in [1.82, 2.24) is 9.78 Å². The van der Waals surface area contributed by atoms with Gasteiger partial charge in [0, 0.05) is 7.05 Å². The average molecular weight is 343 g/mol. The Labute approximate surface area is 135 Å². The minimum atomic E-state index is -0.434. The van der Waals surface area contributed by atoms with Gasteiger partial charge in [-0.25, -0.2) is 4.68 Å². The Kier molecular flexibility index (Phi) is 4.89. The molecule has 0 radical (unpaired) electrons. The van der Waals surface area contributed by atoms with E-state index < -0.39 is 5.56 Å². The lowest BCUT2D eigenvalue weighted by Gasteiger charge is -2.06. The number of methoxy groups -OCH3 is 1. The number of phenolic OH excluding ortho intramolecular Hbond substituents is 1. The van der Waals surface area contributed by atoms with Crippen LogP contribution in [0.1, 0.15) is 5.56 Å². The molecule has 0 aliphatic heterocycles. The van der Waals surface area contributed by atoms with Gasteiger partial charge in [0.2, 0.25) is 0 Å². The largest absolute Gasteiger partial charge is 0.503 e. The number of rotatable bonds is 4.